The Balaban J connectivity index is 3.90. The van der Waals surface area contributed by atoms with Crippen LogP contribution in [0.4, 0.5) is 0 Å². The summed E-state index contributed by atoms with van der Waals surface area (Å²) in [6, 6.07) is 0. The third-order valence-electron chi connectivity index (χ3n) is 0.380. The second-order valence-electron chi connectivity index (χ2n) is 2.62. The van der Waals surface area contributed by atoms with Crippen molar-refractivity contribution in [2.75, 3.05) is 0 Å². The fourth-order valence-corrected chi connectivity index (χ4v) is 14.7. The first kappa shape index (κ1) is 10.6. The zero-order chi connectivity index (χ0) is 7.71. The molecule has 0 heterocycles. The molecule has 0 rings (SSSR count). The van der Waals surface area contributed by atoms with Crippen molar-refractivity contribution in [2.24, 2.45) is 0 Å². The Hall–Kier alpha value is 1.57. The van der Waals surface area contributed by atoms with Crippen LogP contribution in [-0.4, -0.2) is 18.8 Å². The number of hydrogen-bond donors (Lipinski definition) is 0. The van der Waals surface area contributed by atoms with Gasteiger partial charge in [-0.15, -0.1) is 0 Å². The van der Waals surface area contributed by atoms with Gasteiger partial charge in [0.15, 0.2) is 0 Å². The molecule has 0 bridgehead atoms. The van der Waals surface area contributed by atoms with Crippen molar-refractivity contribution in [1.29, 1.82) is 0 Å². The van der Waals surface area contributed by atoms with Crippen molar-refractivity contribution in [2.45, 2.75) is 14.8 Å². The second-order valence-corrected chi connectivity index (χ2v) is 20.4. The van der Waals surface area contributed by atoms with Gasteiger partial charge in [-0.05, 0) is 0 Å². The Morgan fingerprint density at radius 3 is 1.67 bits per heavy atom. The molecule has 0 aromatic rings. The molecular weight excluding hydrogens is 289 g/mol. The van der Waals surface area contributed by atoms with E-state index in [2.05, 4.69) is 0 Å². The first-order chi connectivity index (χ1) is 3.71. The van der Waals surface area contributed by atoms with Crippen molar-refractivity contribution in [1.82, 2.24) is 0 Å². The summed E-state index contributed by atoms with van der Waals surface area (Å²) in [5.41, 5.74) is 0. The summed E-state index contributed by atoms with van der Waals surface area (Å²) >= 11 is 7.86. The monoisotopic (exact) mass is 298 g/mol. The van der Waals surface area contributed by atoms with Gasteiger partial charge in [-0.2, -0.15) is 0 Å². The van der Waals surface area contributed by atoms with Crippen molar-refractivity contribution < 1.29 is 7.43 Å². The van der Waals surface area contributed by atoms with Gasteiger partial charge in [0.25, 0.3) is 0 Å². The predicted molar refractivity (Wildman–Crippen MR) is 43.7 cm³/mol. The van der Waals surface area contributed by atoms with E-state index in [4.69, 9.17) is 25.3 Å². The fourth-order valence-electron chi connectivity index (χ4n) is 0.319. The molecule has 0 aliphatic heterocycles. The van der Waals surface area contributed by atoms with Crippen molar-refractivity contribution >= 4 is 47.3 Å². The number of halogens is 2. The second kappa shape index (κ2) is 3.31. The first-order valence-electron chi connectivity index (χ1n) is 2.41. The maximum absolute atomic E-state index is 10.6. The molecule has 9 heavy (non-hydrogen) atoms. The van der Waals surface area contributed by atoms with E-state index < -0.39 is 24.9 Å². The molecule has 0 fully saturated rings. The Morgan fingerprint density at radius 1 is 1.33 bits per heavy atom. The van der Waals surface area contributed by atoms with Crippen LogP contribution >= 0.6 is 28.6 Å². The molecule has 0 unspecified atom stereocenters. The summed E-state index contributed by atoms with van der Waals surface area (Å²) in [5, 5.41) is 0. The Morgan fingerprint density at radius 2 is 1.67 bits per heavy atom. The SMILES string of the molecule is [CH3][Sn]([CH3])([CH3])[O]P(=O)(Cl)Cl. The van der Waals surface area contributed by atoms with E-state index in [1.807, 2.05) is 14.8 Å². The van der Waals surface area contributed by atoms with E-state index in [0.29, 0.717) is 0 Å². The van der Waals surface area contributed by atoms with Crippen LogP contribution in [0.25, 0.3) is 0 Å². The van der Waals surface area contributed by atoms with Gasteiger partial charge in [0.05, 0.1) is 0 Å². The zero-order valence-corrected chi connectivity index (χ0v) is 10.8. The van der Waals surface area contributed by atoms with E-state index in [1.54, 1.807) is 0 Å². The third-order valence-corrected chi connectivity index (χ3v) is 10.4. The van der Waals surface area contributed by atoms with Gasteiger partial charge in [0, 0.05) is 0 Å². The zero-order valence-electron chi connectivity index (χ0n) is 5.52. The first-order valence-corrected chi connectivity index (χ1v) is 15.6. The van der Waals surface area contributed by atoms with Crippen molar-refractivity contribution in [3.05, 3.63) is 0 Å². The van der Waals surface area contributed by atoms with E-state index in [9.17, 15) is 4.57 Å². The molecule has 56 valence electrons. The molecule has 0 atom stereocenters. The minimum absolute atomic E-state index is 1.94. The standard InChI is InChI=1S/3CH3.Cl2HO2P.Sn/c;;;1-5(2,3)4;/h3*1H3;(H,3,4);/q;;;;+1/p-1. The molecule has 0 aromatic heterocycles. The average Bonchev–Trinajstić information content (AvgIpc) is 1.14. The van der Waals surface area contributed by atoms with Crippen LogP contribution < -0.4 is 0 Å². The molecule has 0 aromatic carbocycles. The van der Waals surface area contributed by atoms with E-state index >= 15 is 0 Å². The molecule has 6 heteroatoms. The van der Waals surface area contributed by atoms with Gasteiger partial charge >= 0.3 is 69.6 Å². The molecule has 2 nitrogen and oxygen atoms in total. The Labute approximate surface area is 69.3 Å². The topological polar surface area (TPSA) is 26.3 Å². The van der Waals surface area contributed by atoms with Gasteiger partial charge in [-0.1, -0.05) is 0 Å². The molecule has 0 N–H and O–H groups in total. The van der Waals surface area contributed by atoms with E-state index in [1.165, 1.54) is 0 Å². The summed E-state index contributed by atoms with van der Waals surface area (Å²) < 4.78 is 15.5. The summed E-state index contributed by atoms with van der Waals surface area (Å²) in [7, 11) is 0. The fraction of sp³-hybridized carbons (Fsp3) is 1.00. The summed E-state index contributed by atoms with van der Waals surface area (Å²) in [6.45, 7) is 0. The van der Waals surface area contributed by atoms with Gasteiger partial charge in [-0.3, -0.25) is 0 Å². The average molecular weight is 298 g/mol. The molecule has 0 amide bonds. The van der Waals surface area contributed by atoms with Crippen LogP contribution in [0.3, 0.4) is 0 Å². The molecule has 0 saturated carbocycles. The molecule has 0 radical (unpaired) electrons. The van der Waals surface area contributed by atoms with Crippen LogP contribution in [0.5, 0.6) is 0 Å². The van der Waals surface area contributed by atoms with Gasteiger partial charge in [0.2, 0.25) is 0 Å². The molecule has 0 saturated heterocycles. The number of hydrogen-bond acceptors (Lipinski definition) is 2. The Bertz CT molecular complexity index is 137. The van der Waals surface area contributed by atoms with Gasteiger partial charge in [0.1, 0.15) is 0 Å². The minimum atomic E-state index is -3.25. The van der Waals surface area contributed by atoms with Crippen LogP contribution in [0.1, 0.15) is 0 Å². The maximum atomic E-state index is 10.6. The van der Waals surface area contributed by atoms with Crippen LogP contribution in [-0.2, 0) is 7.43 Å². The van der Waals surface area contributed by atoms with Gasteiger partial charge < -0.3 is 0 Å². The van der Waals surface area contributed by atoms with Crippen molar-refractivity contribution in [3.8, 4) is 0 Å². The van der Waals surface area contributed by atoms with Crippen LogP contribution in [0, 0.1) is 0 Å². The summed E-state index contributed by atoms with van der Waals surface area (Å²) in [5.74, 6) is 0. The van der Waals surface area contributed by atoms with Gasteiger partial charge in [-0.25, -0.2) is 0 Å². The Kier molecular flexibility index (Phi) is 3.89. The summed E-state index contributed by atoms with van der Waals surface area (Å²) in [4.78, 5) is 5.81. The summed E-state index contributed by atoms with van der Waals surface area (Å²) in [6.07, 6.45) is -3.25. The third kappa shape index (κ3) is 9.57. The quantitative estimate of drug-likeness (QED) is 0.576. The predicted octanol–water partition coefficient (Wildman–Crippen LogP) is 3.42. The van der Waals surface area contributed by atoms with Crippen LogP contribution in [0.2, 0.25) is 14.8 Å². The molecule has 0 aliphatic carbocycles. The molecule has 0 aliphatic rings. The molecule has 0 spiro atoms. The van der Waals surface area contributed by atoms with Crippen LogP contribution in [0.15, 0.2) is 0 Å². The normalized spacial score (nSPS) is 13.9. The van der Waals surface area contributed by atoms with Crippen molar-refractivity contribution in [3.63, 3.8) is 0 Å². The van der Waals surface area contributed by atoms with E-state index in [-0.39, 0.29) is 0 Å². The number of rotatable bonds is 2. The van der Waals surface area contributed by atoms with E-state index in [0.717, 1.165) is 0 Å². The molecular formula is C3H9Cl2O2PSn.